The van der Waals surface area contributed by atoms with Crippen LogP contribution in [0.1, 0.15) is 30.7 Å². The standard InChI is InChI=1S/C19H22N2O2S/c1-19(2)15-8-4-5-9-16(15)21(18(19)23)11-10-17(22)20(3)13-14-7-6-12-24-14/h4-9,12H,10-11,13H2,1-3H3. The fraction of sp³-hybridized carbons (Fsp3) is 0.368. The number of carbonyl (C=O) groups excluding carboxylic acids is 2. The Bertz CT molecular complexity index is 752. The van der Waals surface area contributed by atoms with Crippen LogP contribution in [-0.4, -0.2) is 30.3 Å². The average molecular weight is 342 g/mol. The third kappa shape index (κ3) is 2.96. The van der Waals surface area contributed by atoms with Gasteiger partial charge in [0.1, 0.15) is 0 Å². The first kappa shape index (κ1) is 16.7. The fourth-order valence-corrected chi connectivity index (χ4v) is 3.90. The van der Waals surface area contributed by atoms with Crippen molar-refractivity contribution in [3.8, 4) is 0 Å². The molecule has 4 nitrogen and oxygen atoms in total. The number of amides is 2. The summed E-state index contributed by atoms with van der Waals surface area (Å²) < 4.78 is 0. The molecule has 1 aliphatic heterocycles. The van der Waals surface area contributed by atoms with E-state index >= 15 is 0 Å². The normalized spacial score (nSPS) is 15.5. The molecule has 126 valence electrons. The van der Waals surface area contributed by atoms with Crippen LogP contribution in [-0.2, 0) is 21.5 Å². The van der Waals surface area contributed by atoms with Gasteiger partial charge in [0.2, 0.25) is 11.8 Å². The maximum atomic E-state index is 12.7. The Hall–Kier alpha value is -2.14. The van der Waals surface area contributed by atoms with Crippen LogP contribution in [0.5, 0.6) is 0 Å². The number of benzene rings is 1. The van der Waals surface area contributed by atoms with Crippen LogP contribution in [0.15, 0.2) is 41.8 Å². The first-order valence-electron chi connectivity index (χ1n) is 8.09. The van der Waals surface area contributed by atoms with Gasteiger partial charge >= 0.3 is 0 Å². The Labute approximate surface area is 146 Å². The van der Waals surface area contributed by atoms with Crippen molar-refractivity contribution < 1.29 is 9.59 Å². The molecule has 0 atom stereocenters. The lowest BCUT2D eigenvalue weighted by atomic mass is 9.86. The predicted octanol–water partition coefficient (Wildman–Crippen LogP) is 3.42. The minimum Gasteiger partial charge on any atom is -0.341 e. The second kappa shape index (κ2) is 6.40. The smallest absolute Gasteiger partial charge is 0.237 e. The van der Waals surface area contributed by atoms with Crippen molar-refractivity contribution in [3.05, 3.63) is 52.2 Å². The molecule has 1 aliphatic rings. The van der Waals surface area contributed by atoms with E-state index in [1.165, 1.54) is 0 Å². The lowest BCUT2D eigenvalue weighted by molar-refractivity contribution is -0.130. The summed E-state index contributed by atoms with van der Waals surface area (Å²) in [6, 6.07) is 11.9. The van der Waals surface area contributed by atoms with Gasteiger partial charge in [0.05, 0.1) is 12.0 Å². The number of carbonyl (C=O) groups is 2. The number of fused-ring (bicyclic) bond motifs is 1. The lowest BCUT2D eigenvalue weighted by Crippen LogP contribution is -2.38. The summed E-state index contributed by atoms with van der Waals surface area (Å²) >= 11 is 1.64. The molecule has 2 aromatic rings. The summed E-state index contributed by atoms with van der Waals surface area (Å²) in [4.78, 5) is 29.8. The van der Waals surface area contributed by atoms with Gasteiger partial charge in [0.15, 0.2) is 0 Å². The van der Waals surface area contributed by atoms with E-state index in [0.29, 0.717) is 19.5 Å². The maximum absolute atomic E-state index is 12.7. The number of nitrogens with zero attached hydrogens (tertiary/aromatic N) is 2. The Balaban J connectivity index is 1.66. The average Bonchev–Trinajstić information content (AvgIpc) is 3.13. The Kier molecular flexibility index (Phi) is 4.45. The molecule has 0 fully saturated rings. The van der Waals surface area contributed by atoms with Crippen molar-refractivity contribution in [1.82, 2.24) is 4.90 Å². The number of hydrogen-bond acceptors (Lipinski definition) is 3. The van der Waals surface area contributed by atoms with Crippen LogP contribution in [0.25, 0.3) is 0 Å². The Morgan fingerprint density at radius 2 is 1.96 bits per heavy atom. The van der Waals surface area contributed by atoms with Gasteiger partial charge in [-0.15, -0.1) is 11.3 Å². The first-order chi connectivity index (χ1) is 11.4. The van der Waals surface area contributed by atoms with Crippen LogP contribution in [0.2, 0.25) is 0 Å². The number of thiophene rings is 1. The summed E-state index contributed by atoms with van der Waals surface area (Å²) in [5, 5.41) is 2.01. The number of para-hydroxylation sites is 1. The highest BCUT2D eigenvalue weighted by Crippen LogP contribution is 2.41. The Morgan fingerprint density at radius 3 is 2.67 bits per heavy atom. The molecule has 0 bridgehead atoms. The van der Waals surface area contributed by atoms with E-state index in [1.807, 2.05) is 62.7 Å². The highest BCUT2D eigenvalue weighted by atomic mass is 32.1. The summed E-state index contributed by atoms with van der Waals surface area (Å²) in [5.41, 5.74) is 1.44. The van der Waals surface area contributed by atoms with Crippen LogP contribution in [0.3, 0.4) is 0 Å². The van der Waals surface area contributed by atoms with Crippen LogP contribution in [0.4, 0.5) is 5.69 Å². The van der Waals surface area contributed by atoms with Crippen molar-refractivity contribution >= 4 is 28.8 Å². The van der Waals surface area contributed by atoms with Crippen LogP contribution >= 0.6 is 11.3 Å². The summed E-state index contributed by atoms with van der Waals surface area (Å²) in [6.45, 7) is 4.93. The molecular weight excluding hydrogens is 320 g/mol. The predicted molar refractivity (Wildman–Crippen MR) is 97.2 cm³/mol. The van der Waals surface area contributed by atoms with Gasteiger partial charge in [-0.05, 0) is 36.9 Å². The van der Waals surface area contributed by atoms with Gasteiger partial charge in [0, 0.05) is 30.6 Å². The third-order valence-corrected chi connectivity index (χ3v) is 5.46. The molecular formula is C19H22N2O2S. The zero-order valence-corrected chi connectivity index (χ0v) is 15.1. The topological polar surface area (TPSA) is 40.6 Å². The molecule has 24 heavy (non-hydrogen) atoms. The van der Waals surface area contributed by atoms with Crippen molar-refractivity contribution in [3.63, 3.8) is 0 Å². The highest BCUT2D eigenvalue weighted by Gasteiger charge is 2.43. The second-order valence-corrected chi connectivity index (χ2v) is 7.71. The fourth-order valence-electron chi connectivity index (χ4n) is 3.14. The molecule has 0 spiro atoms. The molecule has 1 aromatic heterocycles. The van der Waals surface area contributed by atoms with E-state index in [1.54, 1.807) is 21.1 Å². The van der Waals surface area contributed by atoms with E-state index in [2.05, 4.69) is 0 Å². The van der Waals surface area contributed by atoms with Gasteiger partial charge in [-0.2, -0.15) is 0 Å². The van der Waals surface area contributed by atoms with E-state index < -0.39 is 5.41 Å². The first-order valence-corrected chi connectivity index (χ1v) is 8.97. The molecule has 0 saturated carbocycles. The largest absolute Gasteiger partial charge is 0.341 e. The summed E-state index contributed by atoms with van der Waals surface area (Å²) in [7, 11) is 1.81. The van der Waals surface area contributed by atoms with Gasteiger partial charge in [-0.1, -0.05) is 24.3 Å². The molecule has 0 radical (unpaired) electrons. The molecule has 0 aliphatic carbocycles. The van der Waals surface area contributed by atoms with E-state index in [4.69, 9.17) is 0 Å². The van der Waals surface area contributed by atoms with E-state index in [0.717, 1.165) is 16.1 Å². The highest BCUT2D eigenvalue weighted by molar-refractivity contribution is 7.09. The quantitative estimate of drug-likeness (QED) is 0.835. The zero-order valence-electron chi connectivity index (χ0n) is 14.3. The molecule has 5 heteroatoms. The minimum atomic E-state index is -0.525. The molecule has 2 heterocycles. The molecule has 2 amide bonds. The number of anilines is 1. The number of rotatable bonds is 5. The van der Waals surface area contributed by atoms with E-state index in [9.17, 15) is 9.59 Å². The van der Waals surface area contributed by atoms with Crippen LogP contribution < -0.4 is 4.90 Å². The Morgan fingerprint density at radius 1 is 1.21 bits per heavy atom. The van der Waals surface area contributed by atoms with Crippen LogP contribution in [0, 0.1) is 0 Å². The second-order valence-electron chi connectivity index (χ2n) is 6.68. The number of hydrogen-bond donors (Lipinski definition) is 0. The SMILES string of the molecule is CN(Cc1cccs1)C(=O)CCN1C(=O)C(C)(C)c2ccccc21. The molecule has 0 unspecified atom stereocenters. The van der Waals surface area contributed by atoms with Crippen molar-refractivity contribution in [2.45, 2.75) is 32.2 Å². The van der Waals surface area contributed by atoms with Gasteiger partial charge in [-0.25, -0.2) is 0 Å². The monoisotopic (exact) mass is 342 g/mol. The van der Waals surface area contributed by atoms with E-state index in [-0.39, 0.29) is 11.8 Å². The molecule has 3 rings (SSSR count). The molecule has 1 aromatic carbocycles. The molecule has 0 saturated heterocycles. The lowest BCUT2D eigenvalue weighted by Gasteiger charge is -2.22. The van der Waals surface area contributed by atoms with Crippen molar-refractivity contribution in [1.29, 1.82) is 0 Å². The molecule has 0 N–H and O–H groups in total. The minimum absolute atomic E-state index is 0.0541. The summed E-state index contributed by atoms with van der Waals surface area (Å²) in [6.07, 6.45) is 0.331. The third-order valence-electron chi connectivity index (χ3n) is 4.60. The van der Waals surface area contributed by atoms with Gasteiger partial charge < -0.3 is 9.80 Å². The summed E-state index contributed by atoms with van der Waals surface area (Å²) in [5.74, 6) is 0.121. The van der Waals surface area contributed by atoms with Gasteiger partial charge in [0.25, 0.3) is 0 Å². The van der Waals surface area contributed by atoms with Crippen molar-refractivity contribution in [2.75, 3.05) is 18.5 Å². The van der Waals surface area contributed by atoms with Gasteiger partial charge in [-0.3, -0.25) is 9.59 Å². The van der Waals surface area contributed by atoms with Crippen molar-refractivity contribution in [2.24, 2.45) is 0 Å². The maximum Gasteiger partial charge on any atom is 0.237 e. The zero-order chi connectivity index (χ0) is 17.3.